The molecule has 2 aliphatic rings. The first-order valence-corrected chi connectivity index (χ1v) is 11.3. The fraction of sp³-hybridized carbons (Fsp3) is 0.222. The fourth-order valence-corrected chi connectivity index (χ4v) is 5.22. The van der Waals surface area contributed by atoms with Crippen LogP contribution >= 0.6 is 23.3 Å². The zero-order valence-electron chi connectivity index (χ0n) is 16.9. The van der Waals surface area contributed by atoms with Crippen molar-refractivity contribution in [3.63, 3.8) is 0 Å². The Labute approximate surface area is 198 Å². The summed E-state index contributed by atoms with van der Waals surface area (Å²) in [5.74, 6) is -4.27. The molecule has 0 radical (unpaired) electrons. The first-order valence-electron chi connectivity index (χ1n) is 9.44. The van der Waals surface area contributed by atoms with Gasteiger partial charge in [0.05, 0.1) is 17.2 Å². The summed E-state index contributed by atoms with van der Waals surface area (Å²) in [7, 11) is 0. The van der Waals surface area contributed by atoms with Gasteiger partial charge in [0, 0.05) is 35.0 Å². The van der Waals surface area contributed by atoms with Crippen LogP contribution in [0.3, 0.4) is 0 Å². The molecule has 14 nitrogen and oxygen atoms in total. The highest BCUT2D eigenvalue weighted by Crippen LogP contribution is 2.40. The summed E-state index contributed by atoms with van der Waals surface area (Å²) < 4.78 is 5.36. The number of carbonyl (C=O) groups excluding carboxylic acids is 3. The predicted molar refractivity (Wildman–Crippen MR) is 113 cm³/mol. The maximum absolute atomic E-state index is 12.8. The average Bonchev–Trinajstić information content (AvgIpc) is 3.23. The molecule has 4 heterocycles. The van der Waals surface area contributed by atoms with E-state index in [9.17, 15) is 29.5 Å². The molecular weight excluding hydrogens is 490 g/mol. The zero-order chi connectivity index (χ0) is 24.6. The van der Waals surface area contributed by atoms with Gasteiger partial charge in [0.2, 0.25) is 11.5 Å². The number of hydrogen-bond donors (Lipinski definition) is 4. The topological polar surface area (TPSA) is 215 Å². The smallest absolute Gasteiger partial charge is 0.336 e. The number of aromatic nitrogens is 3. The second kappa shape index (κ2) is 9.06. The molecule has 4 rings (SSSR count). The summed E-state index contributed by atoms with van der Waals surface area (Å²) in [4.78, 5) is 53.0. The largest absolute Gasteiger partial charge is 0.543 e. The molecule has 16 heteroatoms. The minimum atomic E-state index is -1.55. The number of β-lactam (4-membered cyclic amide) rings is 1. The Balaban J connectivity index is 1.51. The van der Waals surface area contributed by atoms with Gasteiger partial charge in [-0.1, -0.05) is 5.16 Å². The van der Waals surface area contributed by atoms with Crippen LogP contribution < -0.4 is 20.7 Å². The van der Waals surface area contributed by atoms with Crippen LogP contribution in [0.5, 0.6) is 0 Å². The lowest BCUT2D eigenvalue weighted by atomic mass is 10.0. The van der Waals surface area contributed by atoms with E-state index in [1.807, 2.05) is 0 Å². The van der Waals surface area contributed by atoms with Crippen molar-refractivity contribution < 1.29 is 39.2 Å². The van der Waals surface area contributed by atoms with Gasteiger partial charge < -0.3 is 31.3 Å². The number of nitrogens with one attached hydrogen (secondary N) is 1. The van der Waals surface area contributed by atoms with Gasteiger partial charge in [0.25, 0.3) is 11.8 Å². The van der Waals surface area contributed by atoms with Crippen molar-refractivity contribution in [2.24, 2.45) is 5.16 Å². The maximum Gasteiger partial charge on any atom is 0.336 e. The van der Waals surface area contributed by atoms with Crippen molar-refractivity contribution >= 4 is 57.9 Å². The molecule has 2 aromatic rings. The van der Waals surface area contributed by atoms with E-state index in [4.69, 9.17) is 10.8 Å². The number of rotatable bonds is 7. The Kier molecular flexibility index (Phi) is 6.16. The molecule has 1 fully saturated rings. The number of hydrogen-bond acceptors (Lipinski definition) is 12. The van der Waals surface area contributed by atoms with Gasteiger partial charge in [-0.05, 0) is 0 Å². The van der Waals surface area contributed by atoms with Crippen LogP contribution in [0.25, 0.3) is 0 Å². The SMILES string of the molecule is Nc1nc(/C(=N/O)C(=O)N[C@@H]2C(=O)N3C(C(=O)[O-])=C(C[n+]4ccc(C(=O)O)cc4)CS[C@H]23)ns1. The first-order chi connectivity index (χ1) is 16.2. The fourth-order valence-electron chi connectivity index (χ4n) is 3.45. The monoisotopic (exact) mass is 505 g/mol. The van der Waals surface area contributed by atoms with Crippen LogP contribution in [-0.2, 0) is 20.9 Å². The second-order valence-corrected chi connectivity index (χ2v) is 8.96. The molecule has 0 aromatic carbocycles. The van der Waals surface area contributed by atoms with Crippen LogP contribution in [0.2, 0.25) is 0 Å². The third kappa shape index (κ3) is 4.15. The lowest BCUT2D eigenvalue weighted by Crippen LogP contribution is -2.71. The van der Waals surface area contributed by atoms with Crippen molar-refractivity contribution in [1.82, 2.24) is 19.6 Å². The van der Waals surface area contributed by atoms with E-state index in [0.29, 0.717) is 5.57 Å². The number of nitrogens with zero attached hydrogens (tertiary/aromatic N) is 5. The molecule has 34 heavy (non-hydrogen) atoms. The number of nitrogen functional groups attached to an aromatic ring is 1. The van der Waals surface area contributed by atoms with Crippen molar-refractivity contribution in [1.29, 1.82) is 0 Å². The Morgan fingerprint density at radius 1 is 1.35 bits per heavy atom. The van der Waals surface area contributed by atoms with Crippen LogP contribution in [0.4, 0.5) is 5.13 Å². The van der Waals surface area contributed by atoms with E-state index >= 15 is 0 Å². The normalized spacial score (nSPS) is 19.9. The lowest BCUT2D eigenvalue weighted by Gasteiger charge is -2.50. The first kappa shape index (κ1) is 23.1. The molecule has 0 saturated carbocycles. The summed E-state index contributed by atoms with van der Waals surface area (Å²) >= 11 is 2.01. The van der Waals surface area contributed by atoms with Gasteiger partial charge in [0.1, 0.15) is 11.4 Å². The van der Waals surface area contributed by atoms with Crippen LogP contribution in [0.15, 0.2) is 41.0 Å². The number of anilines is 1. The van der Waals surface area contributed by atoms with Gasteiger partial charge in [-0.2, -0.15) is 9.36 Å². The molecule has 1 saturated heterocycles. The van der Waals surface area contributed by atoms with Gasteiger partial charge in [-0.25, -0.2) is 9.36 Å². The van der Waals surface area contributed by atoms with E-state index in [1.54, 1.807) is 4.57 Å². The van der Waals surface area contributed by atoms with Crippen molar-refractivity contribution in [3.8, 4) is 0 Å². The van der Waals surface area contributed by atoms with E-state index in [0.717, 1.165) is 16.4 Å². The highest BCUT2D eigenvalue weighted by atomic mass is 32.2. The maximum atomic E-state index is 12.8. The highest BCUT2D eigenvalue weighted by molar-refractivity contribution is 8.00. The number of nitrogens with two attached hydrogens (primary N) is 1. The Hall–Kier alpha value is -4.05. The van der Waals surface area contributed by atoms with Gasteiger partial charge >= 0.3 is 5.97 Å². The highest BCUT2D eigenvalue weighted by Gasteiger charge is 2.53. The number of carbonyl (C=O) groups is 4. The number of pyridine rings is 1. The number of carboxylic acids is 2. The third-order valence-corrected chi connectivity index (χ3v) is 6.89. The van der Waals surface area contributed by atoms with Gasteiger partial charge in [-0.15, -0.1) is 11.8 Å². The standard InChI is InChI=1S/C18H15N7O7S2/c19-18-21-12(23-34-18)9(22-32)13(26)20-10-14(27)25-11(17(30)31)8(6-33-15(10)25)5-24-3-1-7(2-4-24)16(28)29/h1-4,10,15H,5-6H2,(H5-,19,20,21,23,26,28,29,30,31,32)/t10-,15-/m1/s1. The van der Waals surface area contributed by atoms with Crippen LogP contribution in [0, 0.1) is 0 Å². The number of carboxylic acid groups (broad SMARTS) is 2. The van der Waals surface area contributed by atoms with E-state index in [-0.39, 0.29) is 34.5 Å². The molecular formula is C18H15N7O7S2. The third-order valence-electron chi connectivity index (χ3n) is 5.01. The molecule has 176 valence electrons. The van der Waals surface area contributed by atoms with Crippen molar-refractivity contribution in [2.75, 3.05) is 11.5 Å². The Bertz CT molecular complexity index is 1260. The number of amides is 2. The molecule has 2 atom stereocenters. The van der Waals surface area contributed by atoms with Gasteiger partial charge in [-0.3, -0.25) is 14.5 Å². The molecule has 2 aliphatic heterocycles. The van der Waals surface area contributed by atoms with Crippen molar-refractivity contribution in [3.05, 3.63) is 47.2 Å². The predicted octanol–water partition coefficient (Wildman–Crippen LogP) is -2.61. The quantitative estimate of drug-likeness (QED) is 0.100. The number of aromatic carboxylic acids is 1. The molecule has 0 spiro atoms. The summed E-state index contributed by atoms with van der Waals surface area (Å²) in [5.41, 5.74) is 5.07. The number of fused-ring (bicyclic) bond motifs is 1. The summed E-state index contributed by atoms with van der Waals surface area (Å²) in [6.45, 7) is 0.0853. The summed E-state index contributed by atoms with van der Waals surface area (Å²) in [6, 6.07) is 1.65. The lowest BCUT2D eigenvalue weighted by molar-refractivity contribution is -0.689. The molecule has 5 N–H and O–H groups in total. The van der Waals surface area contributed by atoms with Crippen molar-refractivity contribution in [2.45, 2.75) is 18.0 Å². The minimum Gasteiger partial charge on any atom is -0.543 e. The molecule has 0 unspecified atom stereocenters. The summed E-state index contributed by atoms with van der Waals surface area (Å²) in [6.07, 6.45) is 2.96. The van der Waals surface area contributed by atoms with E-state index < -0.39 is 40.9 Å². The molecule has 0 bridgehead atoms. The van der Waals surface area contributed by atoms with Crippen LogP contribution in [0.1, 0.15) is 16.2 Å². The van der Waals surface area contributed by atoms with E-state index in [1.165, 1.54) is 36.3 Å². The number of thioether (sulfide) groups is 1. The second-order valence-electron chi connectivity index (χ2n) is 7.07. The number of oxime groups is 1. The van der Waals surface area contributed by atoms with E-state index in [2.05, 4.69) is 19.8 Å². The molecule has 2 aromatic heterocycles. The zero-order valence-corrected chi connectivity index (χ0v) is 18.6. The molecule has 0 aliphatic carbocycles. The Morgan fingerprint density at radius 2 is 2.06 bits per heavy atom. The van der Waals surface area contributed by atoms with Crippen LogP contribution in [-0.4, -0.2) is 71.2 Å². The summed E-state index contributed by atoms with van der Waals surface area (Å²) in [5, 5.41) is 34.7. The Morgan fingerprint density at radius 3 is 2.62 bits per heavy atom. The minimum absolute atomic E-state index is 0.0458. The molecule has 2 amide bonds. The average molecular weight is 505 g/mol. The van der Waals surface area contributed by atoms with Gasteiger partial charge in [0.15, 0.2) is 24.1 Å². The number of aliphatic carboxylic acids is 1.